The SMILES string of the molecule is CP(C)(=O)c1ncc(-c2ccc(N)c(NCc3c(Br)cccc3OC(F)F)c2)cn1. The van der Waals surface area contributed by atoms with E-state index in [0.29, 0.717) is 27.0 Å². The normalized spacial score (nSPS) is 11.5. The lowest BCUT2D eigenvalue weighted by molar-refractivity contribution is -0.0504. The highest BCUT2D eigenvalue weighted by Crippen LogP contribution is 2.34. The third-order valence-electron chi connectivity index (χ3n) is 4.25. The molecule has 1 aromatic heterocycles. The van der Waals surface area contributed by atoms with Crippen LogP contribution < -0.4 is 21.4 Å². The maximum Gasteiger partial charge on any atom is 0.387 e. The van der Waals surface area contributed by atoms with Crippen LogP contribution in [0.25, 0.3) is 11.1 Å². The van der Waals surface area contributed by atoms with Gasteiger partial charge in [-0.2, -0.15) is 8.78 Å². The fourth-order valence-electron chi connectivity index (χ4n) is 2.74. The maximum atomic E-state index is 12.7. The molecule has 0 radical (unpaired) electrons. The molecule has 3 rings (SSSR count). The molecular weight excluding hydrogens is 477 g/mol. The van der Waals surface area contributed by atoms with Crippen molar-refractivity contribution in [2.75, 3.05) is 24.4 Å². The predicted octanol–water partition coefficient (Wildman–Crippen LogP) is 4.95. The first-order valence-corrected chi connectivity index (χ1v) is 12.3. The number of benzene rings is 2. The minimum absolute atomic E-state index is 0.0779. The van der Waals surface area contributed by atoms with E-state index in [-0.39, 0.29) is 12.3 Å². The molecule has 10 heteroatoms. The zero-order valence-corrected chi connectivity index (χ0v) is 18.8. The zero-order chi connectivity index (χ0) is 21.9. The van der Waals surface area contributed by atoms with Gasteiger partial charge < -0.3 is 20.4 Å². The first-order chi connectivity index (χ1) is 14.1. The third kappa shape index (κ3) is 5.34. The van der Waals surface area contributed by atoms with Crippen molar-refractivity contribution < 1.29 is 18.1 Å². The van der Waals surface area contributed by atoms with E-state index in [1.165, 1.54) is 6.07 Å². The smallest absolute Gasteiger partial charge is 0.387 e. The van der Waals surface area contributed by atoms with Crippen LogP contribution >= 0.6 is 23.1 Å². The summed E-state index contributed by atoms with van der Waals surface area (Å²) < 4.78 is 42.7. The molecule has 3 aromatic rings. The van der Waals surface area contributed by atoms with E-state index in [1.54, 1.807) is 43.9 Å². The maximum absolute atomic E-state index is 12.7. The summed E-state index contributed by atoms with van der Waals surface area (Å²) in [5, 5.41) is 3.16. The number of alkyl halides is 2. The van der Waals surface area contributed by atoms with Gasteiger partial charge in [0.1, 0.15) is 12.9 Å². The number of aromatic nitrogens is 2. The van der Waals surface area contributed by atoms with Gasteiger partial charge in [0.25, 0.3) is 0 Å². The van der Waals surface area contributed by atoms with Crippen molar-refractivity contribution in [3.05, 3.63) is 58.8 Å². The summed E-state index contributed by atoms with van der Waals surface area (Å²) in [6, 6.07) is 10.2. The molecule has 0 atom stereocenters. The average molecular weight is 497 g/mol. The van der Waals surface area contributed by atoms with E-state index in [2.05, 4.69) is 36.0 Å². The molecule has 6 nitrogen and oxygen atoms in total. The molecule has 2 aromatic carbocycles. The van der Waals surface area contributed by atoms with Crippen molar-refractivity contribution >= 4 is 40.0 Å². The first kappa shape index (κ1) is 22.2. The van der Waals surface area contributed by atoms with E-state index in [0.717, 1.165) is 11.1 Å². The van der Waals surface area contributed by atoms with Gasteiger partial charge in [-0.3, -0.25) is 0 Å². The van der Waals surface area contributed by atoms with Crippen LogP contribution in [-0.4, -0.2) is 29.9 Å². The third-order valence-corrected chi connectivity index (χ3v) is 6.19. The van der Waals surface area contributed by atoms with E-state index in [9.17, 15) is 13.3 Å². The molecule has 1 heterocycles. The van der Waals surface area contributed by atoms with Crippen LogP contribution in [0.4, 0.5) is 20.2 Å². The van der Waals surface area contributed by atoms with Crippen molar-refractivity contribution in [3.63, 3.8) is 0 Å². The number of rotatable bonds is 7. The van der Waals surface area contributed by atoms with Crippen molar-refractivity contribution in [2.24, 2.45) is 0 Å². The molecule has 0 unspecified atom stereocenters. The Labute approximate surface area is 181 Å². The fraction of sp³-hybridized carbons (Fsp3) is 0.200. The Morgan fingerprint density at radius 1 is 1.17 bits per heavy atom. The number of nitrogens with one attached hydrogen (secondary N) is 1. The van der Waals surface area contributed by atoms with Crippen LogP contribution in [-0.2, 0) is 11.1 Å². The Hall–Kier alpha value is -2.51. The lowest BCUT2D eigenvalue weighted by atomic mass is 10.1. The Morgan fingerprint density at radius 2 is 1.87 bits per heavy atom. The van der Waals surface area contributed by atoms with Crippen molar-refractivity contribution in [1.82, 2.24) is 9.97 Å². The van der Waals surface area contributed by atoms with Gasteiger partial charge in [0.15, 0.2) is 5.57 Å². The van der Waals surface area contributed by atoms with Crippen molar-refractivity contribution in [2.45, 2.75) is 13.2 Å². The molecule has 0 aliphatic rings. The van der Waals surface area contributed by atoms with Gasteiger partial charge in [0.2, 0.25) is 0 Å². The van der Waals surface area contributed by atoms with Gasteiger partial charge in [0, 0.05) is 34.5 Å². The molecule has 0 aliphatic carbocycles. The van der Waals surface area contributed by atoms with Gasteiger partial charge in [-0.05, 0) is 43.2 Å². The second kappa shape index (κ2) is 9.10. The highest BCUT2D eigenvalue weighted by molar-refractivity contribution is 9.10. The highest BCUT2D eigenvalue weighted by Gasteiger charge is 2.15. The standard InChI is InChI=1S/C20H20BrF2N4O2P/c1-30(2,28)20-26-9-13(10-27-20)12-6-7-16(24)17(8-12)25-11-14-15(21)4-3-5-18(14)29-19(22)23/h3-10,19,25H,11,24H2,1-2H3. The number of halogens is 3. The van der Waals surface area contributed by atoms with Crippen molar-refractivity contribution in [1.29, 1.82) is 0 Å². The lowest BCUT2D eigenvalue weighted by Crippen LogP contribution is -2.12. The number of nitrogen functional groups attached to an aromatic ring is 1. The number of hydrogen-bond donors (Lipinski definition) is 2. The van der Waals surface area contributed by atoms with Crippen LogP contribution in [0.3, 0.4) is 0 Å². The van der Waals surface area contributed by atoms with E-state index in [1.807, 2.05) is 12.1 Å². The summed E-state index contributed by atoms with van der Waals surface area (Å²) in [7, 11) is -2.54. The Bertz CT molecular complexity index is 1090. The summed E-state index contributed by atoms with van der Waals surface area (Å²) in [5.41, 5.74) is 9.58. The highest BCUT2D eigenvalue weighted by atomic mass is 79.9. The minimum Gasteiger partial charge on any atom is -0.434 e. The summed E-state index contributed by atoms with van der Waals surface area (Å²) in [5.74, 6) is 0.0779. The molecule has 0 fully saturated rings. The van der Waals surface area contributed by atoms with Gasteiger partial charge in [-0.1, -0.05) is 28.1 Å². The topological polar surface area (TPSA) is 90.1 Å². The summed E-state index contributed by atoms with van der Waals surface area (Å²) in [6.45, 7) is 0.513. The number of nitrogens with zero attached hydrogens (tertiary/aromatic N) is 2. The molecular formula is C20H20BrF2N4O2P. The number of ether oxygens (including phenoxy) is 1. The summed E-state index contributed by atoms with van der Waals surface area (Å²) in [6.07, 6.45) is 3.22. The lowest BCUT2D eigenvalue weighted by Gasteiger charge is -2.15. The quantitative estimate of drug-likeness (QED) is 0.355. The van der Waals surface area contributed by atoms with Gasteiger partial charge in [0.05, 0.1) is 11.4 Å². The monoisotopic (exact) mass is 496 g/mol. The summed E-state index contributed by atoms with van der Waals surface area (Å²) in [4.78, 5) is 8.41. The Kier molecular flexibility index (Phi) is 6.73. The zero-order valence-electron chi connectivity index (χ0n) is 16.3. The molecule has 30 heavy (non-hydrogen) atoms. The predicted molar refractivity (Wildman–Crippen MR) is 119 cm³/mol. The van der Waals surface area contributed by atoms with Crippen LogP contribution in [0, 0.1) is 0 Å². The number of anilines is 2. The largest absolute Gasteiger partial charge is 0.434 e. The fourth-order valence-corrected chi connectivity index (χ4v) is 3.90. The molecule has 3 N–H and O–H groups in total. The number of hydrogen-bond acceptors (Lipinski definition) is 6. The second-order valence-electron chi connectivity index (χ2n) is 6.87. The Morgan fingerprint density at radius 3 is 2.50 bits per heavy atom. The molecule has 0 saturated carbocycles. The van der Waals surface area contributed by atoms with Gasteiger partial charge in [-0.15, -0.1) is 0 Å². The molecule has 0 bridgehead atoms. The second-order valence-corrected chi connectivity index (χ2v) is 10.8. The van der Waals surface area contributed by atoms with Crippen molar-refractivity contribution in [3.8, 4) is 16.9 Å². The van der Waals surface area contributed by atoms with Gasteiger partial charge in [-0.25, -0.2) is 9.97 Å². The van der Waals surface area contributed by atoms with Crippen LogP contribution in [0.2, 0.25) is 0 Å². The minimum atomic E-state index is -2.92. The van der Waals surface area contributed by atoms with Gasteiger partial charge >= 0.3 is 6.61 Å². The molecule has 0 aliphatic heterocycles. The molecule has 0 spiro atoms. The molecule has 0 saturated heterocycles. The number of nitrogens with two attached hydrogens (primary N) is 1. The van der Waals surface area contributed by atoms with E-state index >= 15 is 0 Å². The first-order valence-electron chi connectivity index (χ1n) is 8.88. The van der Waals surface area contributed by atoms with E-state index < -0.39 is 13.8 Å². The Balaban J connectivity index is 1.84. The molecule has 158 valence electrons. The van der Waals surface area contributed by atoms with Crippen LogP contribution in [0.5, 0.6) is 5.75 Å². The average Bonchev–Trinajstić information content (AvgIpc) is 2.68. The van der Waals surface area contributed by atoms with E-state index in [4.69, 9.17) is 5.73 Å². The summed E-state index contributed by atoms with van der Waals surface area (Å²) >= 11 is 3.37. The molecule has 0 amide bonds. The van der Waals surface area contributed by atoms with Crippen LogP contribution in [0.15, 0.2) is 53.3 Å². The van der Waals surface area contributed by atoms with Crippen LogP contribution in [0.1, 0.15) is 5.56 Å².